The van der Waals surface area contributed by atoms with Crippen LogP contribution in [0.3, 0.4) is 0 Å². The van der Waals surface area contributed by atoms with Crippen molar-refractivity contribution in [3.63, 3.8) is 0 Å². The number of hydrogen-bond donors (Lipinski definition) is 1. The van der Waals surface area contributed by atoms with Gasteiger partial charge in [0.2, 0.25) is 5.95 Å². The lowest BCUT2D eigenvalue weighted by Crippen LogP contribution is -2.29. The van der Waals surface area contributed by atoms with Gasteiger partial charge in [-0.1, -0.05) is 6.92 Å². The summed E-state index contributed by atoms with van der Waals surface area (Å²) in [4.78, 5) is 21.1. The summed E-state index contributed by atoms with van der Waals surface area (Å²) in [5, 5.41) is 7.04. The topological polar surface area (TPSA) is 63.1 Å². The average Bonchev–Trinajstić information content (AvgIpc) is 3.27. The van der Waals surface area contributed by atoms with E-state index in [1.54, 1.807) is 22.3 Å². The van der Waals surface area contributed by atoms with Crippen LogP contribution in [0.5, 0.6) is 0 Å². The smallest absolute Gasteiger partial charge is 0.268 e. The summed E-state index contributed by atoms with van der Waals surface area (Å²) < 4.78 is 1.74. The Morgan fingerprint density at radius 2 is 2.29 bits per heavy atom. The summed E-state index contributed by atoms with van der Waals surface area (Å²) in [6, 6.07) is 4.98. The number of aromatic nitrogens is 3. The second kappa shape index (κ2) is 7.44. The number of carbonyl (C=O) groups is 1. The molecule has 0 aliphatic carbocycles. The molecule has 1 saturated heterocycles. The Bertz CT molecular complexity index is 693. The van der Waals surface area contributed by atoms with Gasteiger partial charge in [0.15, 0.2) is 0 Å². The highest BCUT2D eigenvalue weighted by molar-refractivity contribution is 7.14. The van der Waals surface area contributed by atoms with Gasteiger partial charge in [0, 0.05) is 23.5 Å². The van der Waals surface area contributed by atoms with Crippen molar-refractivity contribution < 1.29 is 4.79 Å². The zero-order valence-electron chi connectivity index (χ0n) is 14.5. The molecule has 3 heterocycles. The third-order valence-corrected chi connectivity index (χ3v) is 5.54. The minimum absolute atomic E-state index is 0.130. The fraction of sp³-hybridized carbons (Fsp3) is 0.588. The standard InChI is InChI=1S/C17H25N5OS/c1-4-9-21-11-18-17(20-21)19-16(23)15-8-7-14(24-15)13-6-5-10-22(13)12(2)3/h7-8,11-13H,4-6,9-10H2,1-3H3,(H,19,20,23)/t13-/m1/s1. The van der Waals surface area contributed by atoms with E-state index in [0.29, 0.717) is 22.9 Å². The number of nitrogens with one attached hydrogen (secondary N) is 1. The number of nitrogens with zero attached hydrogens (tertiary/aromatic N) is 4. The highest BCUT2D eigenvalue weighted by atomic mass is 32.1. The van der Waals surface area contributed by atoms with Crippen LogP contribution in [0, 0.1) is 0 Å². The van der Waals surface area contributed by atoms with Gasteiger partial charge in [0.1, 0.15) is 6.33 Å². The number of likely N-dealkylation sites (tertiary alicyclic amines) is 1. The first-order valence-electron chi connectivity index (χ1n) is 8.64. The normalized spacial score (nSPS) is 18.4. The largest absolute Gasteiger partial charge is 0.293 e. The van der Waals surface area contributed by atoms with Gasteiger partial charge in [-0.15, -0.1) is 16.4 Å². The molecule has 1 aliphatic heterocycles. The molecule has 0 bridgehead atoms. The highest BCUT2D eigenvalue weighted by Crippen LogP contribution is 2.37. The molecule has 2 aromatic rings. The van der Waals surface area contributed by atoms with Crippen molar-refractivity contribution >= 4 is 23.2 Å². The molecule has 24 heavy (non-hydrogen) atoms. The van der Waals surface area contributed by atoms with Crippen LogP contribution in [0.4, 0.5) is 5.95 Å². The Kier molecular flexibility index (Phi) is 5.30. The molecule has 0 aromatic carbocycles. The van der Waals surface area contributed by atoms with Gasteiger partial charge in [-0.25, -0.2) is 4.98 Å². The van der Waals surface area contributed by atoms with Crippen molar-refractivity contribution in [1.29, 1.82) is 0 Å². The van der Waals surface area contributed by atoms with Gasteiger partial charge in [-0.2, -0.15) is 0 Å². The third-order valence-electron chi connectivity index (χ3n) is 4.35. The molecular weight excluding hydrogens is 322 g/mol. The lowest BCUT2D eigenvalue weighted by Gasteiger charge is -2.27. The second-order valence-electron chi connectivity index (χ2n) is 6.48. The van der Waals surface area contributed by atoms with Crippen molar-refractivity contribution in [1.82, 2.24) is 19.7 Å². The van der Waals surface area contributed by atoms with E-state index in [-0.39, 0.29) is 5.91 Å². The highest BCUT2D eigenvalue weighted by Gasteiger charge is 2.29. The average molecular weight is 347 g/mol. The fourth-order valence-corrected chi connectivity index (χ4v) is 4.28. The van der Waals surface area contributed by atoms with E-state index in [1.165, 1.54) is 17.7 Å². The van der Waals surface area contributed by atoms with Crippen LogP contribution in [0.2, 0.25) is 0 Å². The number of anilines is 1. The van der Waals surface area contributed by atoms with Crippen LogP contribution < -0.4 is 5.32 Å². The fourth-order valence-electron chi connectivity index (χ4n) is 3.22. The quantitative estimate of drug-likeness (QED) is 0.868. The zero-order chi connectivity index (χ0) is 17.1. The molecule has 1 aliphatic rings. The van der Waals surface area contributed by atoms with E-state index in [4.69, 9.17) is 0 Å². The predicted molar refractivity (Wildman–Crippen MR) is 96.4 cm³/mol. The minimum atomic E-state index is -0.130. The first kappa shape index (κ1) is 17.1. The molecule has 6 nitrogen and oxygen atoms in total. The van der Waals surface area contributed by atoms with Gasteiger partial charge in [-0.3, -0.25) is 19.7 Å². The van der Waals surface area contributed by atoms with Crippen LogP contribution in [-0.4, -0.2) is 38.2 Å². The summed E-state index contributed by atoms with van der Waals surface area (Å²) in [6.45, 7) is 8.49. The Labute approximate surface area is 146 Å². The van der Waals surface area contributed by atoms with E-state index >= 15 is 0 Å². The molecule has 2 aromatic heterocycles. The van der Waals surface area contributed by atoms with E-state index in [1.807, 2.05) is 6.07 Å². The van der Waals surface area contributed by atoms with Crippen molar-refractivity contribution in [3.8, 4) is 0 Å². The Balaban J connectivity index is 1.67. The maximum absolute atomic E-state index is 12.4. The molecule has 0 saturated carbocycles. The summed E-state index contributed by atoms with van der Waals surface area (Å²) in [6.07, 6.45) is 5.03. The summed E-state index contributed by atoms with van der Waals surface area (Å²) in [5.74, 6) is 0.239. The number of rotatable bonds is 6. The maximum atomic E-state index is 12.4. The summed E-state index contributed by atoms with van der Waals surface area (Å²) in [5.41, 5.74) is 0. The van der Waals surface area contributed by atoms with E-state index < -0.39 is 0 Å². The predicted octanol–water partition coefficient (Wildman–Crippen LogP) is 3.55. The maximum Gasteiger partial charge on any atom is 0.268 e. The van der Waals surface area contributed by atoms with Crippen molar-refractivity contribution in [3.05, 3.63) is 28.2 Å². The minimum Gasteiger partial charge on any atom is -0.293 e. The number of thiophene rings is 1. The van der Waals surface area contributed by atoms with Gasteiger partial charge in [0.05, 0.1) is 4.88 Å². The van der Waals surface area contributed by atoms with Gasteiger partial charge >= 0.3 is 0 Å². The van der Waals surface area contributed by atoms with Crippen LogP contribution in [0.15, 0.2) is 18.5 Å². The molecule has 3 rings (SSSR count). The van der Waals surface area contributed by atoms with Crippen LogP contribution in [0.1, 0.15) is 60.6 Å². The summed E-state index contributed by atoms with van der Waals surface area (Å²) >= 11 is 1.58. The Morgan fingerprint density at radius 1 is 1.46 bits per heavy atom. The number of carbonyl (C=O) groups excluding carboxylic acids is 1. The van der Waals surface area contributed by atoms with E-state index in [2.05, 4.69) is 47.1 Å². The first-order chi connectivity index (χ1) is 11.6. The first-order valence-corrected chi connectivity index (χ1v) is 9.46. The zero-order valence-corrected chi connectivity index (χ0v) is 15.3. The molecule has 0 spiro atoms. The van der Waals surface area contributed by atoms with Crippen LogP contribution in [0.25, 0.3) is 0 Å². The van der Waals surface area contributed by atoms with Gasteiger partial charge < -0.3 is 0 Å². The number of amides is 1. The molecule has 7 heteroatoms. The van der Waals surface area contributed by atoms with E-state index in [0.717, 1.165) is 19.5 Å². The molecule has 1 atom stereocenters. The molecule has 1 N–H and O–H groups in total. The van der Waals surface area contributed by atoms with Crippen LogP contribution in [-0.2, 0) is 6.54 Å². The lowest BCUT2D eigenvalue weighted by molar-refractivity contribution is 0.102. The van der Waals surface area contributed by atoms with E-state index in [9.17, 15) is 4.79 Å². The lowest BCUT2D eigenvalue weighted by atomic mass is 10.1. The molecule has 130 valence electrons. The molecule has 0 radical (unpaired) electrons. The van der Waals surface area contributed by atoms with Crippen molar-refractivity contribution in [2.75, 3.05) is 11.9 Å². The Morgan fingerprint density at radius 3 is 3.04 bits per heavy atom. The van der Waals surface area contributed by atoms with Crippen molar-refractivity contribution in [2.45, 2.75) is 58.7 Å². The van der Waals surface area contributed by atoms with Gasteiger partial charge in [-0.05, 0) is 51.8 Å². The number of hydrogen-bond acceptors (Lipinski definition) is 5. The van der Waals surface area contributed by atoms with Crippen molar-refractivity contribution in [2.24, 2.45) is 0 Å². The molecular formula is C17H25N5OS. The second-order valence-corrected chi connectivity index (χ2v) is 7.59. The molecule has 1 amide bonds. The van der Waals surface area contributed by atoms with Crippen LogP contribution >= 0.6 is 11.3 Å². The molecule has 1 fully saturated rings. The Hall–Kier alpha value is -1.73. The third kappa shape index (κ3) is 3.67. The monoisotopic (exact) mass is 347 g/mol. The van der Waals surface area contributed by atoms with Gasteiger partial charge in [0.25, 0.3) is 5.91 Å². The molecule has 0 unspecified atom stereocenters. The SMILES string of the molecule is CCCn1cnc(NC(=O)c2ccc([C@H]3CCCN3C(C)C)s2)n1. The summed E-state index contributed by atoms with van der Waals surface area (Å²) in [7, 11) is 0. The number of aryl methyl sites for hydroxylation is 1.